The number of halogens is 9. The minimum absolute atomic E-state index is 1.68. The molecule has 13 heavy (non-hydrogen) atoms. The topological polar surface area (TPSA) is 0 Å². The van der Waals surface area contributed by atoms with E-state index in [1.165, 1.54) is 0 Å². The maximum absolute atomic E-state index is 5.73. The fraction of sp³-hybridized carbons (Fsp3) is 0. The van der Waals surface area contributed by atoms with Crippen LogP contribution >= 0.6 is 106 Å². The van der Waals surface area contributed by atoms with E-state index in [0.717, 1.165) is 0 Å². The molecule has 0 saturated heterocycles. The van der Waals surface area contributed by atoms with Crippen LogP contribution in [-0.2, 0) is 0 Å². The van der Waals surface area contributed by atoms with Crippen molar-refractivity contribution in [2.24, 2.45) is 0 Å². The Bertz CT molecular complexity index is 137. The Hall–Kier alpha value is 3.69. The molecular formula is Cl9PSi3. The van der Waals surface area contributed by atoms with Gasteiger partial charge in [-0.05, 0) is 6.57 Å². The van der Waals surface area contributed by atoms with Crippen molar-refractivity contribution < 1.29 is 0 Å². The molecule has 0 heterocycles. The van der Waals surface area contributed by atoms with Crippen LogP contribution in [-0.4, -0.2) is 17.0 Å². The summed E-state index contributed by atoms with van der Waals surface area (Å²) in [5.41, 5.74) is -9.73. The van der Waals surface area contributed by atoms with Gasteiger partial charge in [-0.15, -0.1) is 99.7 Å². The molecule has 0 aromatic carbocycles. The van der Waals surface area contributed by atoms with E-state index in [9.17, 15) is 0 Å². The molecule has 0 bridgehead atoms. The minimum Gasteiger partial charge on any atom is -0.122 e. The molecule has 0 amide bonds. The lowest BCUT2D eigenvalue weighted by Crippen LogP contribution is -2.32. The average Bonchev–Trinajstić information content (AvgIpc) is 1.44. The van der Waals surface area contributed by atoms with E-state index in [1.54, 1.807) is 0 Å². The van der Waals surface area contributed by atoms with E-state index in [1.807, 2.05) is 0 Å². The van der Waals surface area contributed by atoms with Crippen LogP contribution in [0.15, 0.2) is 0 Å². The van der Waals surface area contributed by atoms with Crippen molar-refractivity contribution in [1.29, 1.82) is 0 Å². The highest BCUT2D eigenvalue weighted by molar-refractivity contribution is 8.62. The monoisotopic (exact) mass is 430 g/mol. The Morgan fingerprint density at radius 2 is 0.615 bits per heavy atom. The predicted octanol–water partition coefficient (Wildman–Crippen LogP) is 5.92. The molecule has 0 spiro atoms. The fourth-order valence-corrected chi connectivity index (χ4v) is 105. The van der Waals surface area contributed by atoms with E-state index in [2.05, 4.69) is 0 Å². The second-order valence-electron chi connectivity index (χ2n) is 1.74. The molecule has 0 saturated carbocycles. The lowest BCUT2D eigenvalue weighted by molar-refractivity contribution is 3.56. The molecule has 0 aliphatic rings. The maximum Gasteiger partial charge on any atom is 0.365 e. The van der Waals surface area contributed by atoms with Gasteiger partial charge in [0.05, 0.1) is 0 Å². The van der Waals surface area contributed by atoms with Crippen LogP contribution in [0.3, 0.4) is 0 Å². The Kier molecular flexibility index (Phi) is 7.13. The normalized spacial score (nSPS) is 15.2. The van der Waals surface area contributed by atoms with E-state index in [4.69, 9.17) is 99.7 Å². The summed E-state index contributed by atoms with van der Waals surface area (Å²) in [5.74, 6) is 0. The van der Waals surface area contributed by atoms with Crippen LogP contribution in [0.4, 0.5) is 0 Å². The van der Waals surface area contributed by atoms with Gasteiger partial charge in [-0.1, -0.05) is 0 Å². The van der Waals surface area contributed by atoms with Gasteiger partial charge in [0.1, 0.15) is 0 Å². The first kappa shape index (κ1) is 16.7. The molecule has 0 aromatic heterocycles. The van der Waals surface area contributed by atoms with Gasteiger partial charge in [0, 0.05) is 0 Å². The lowest BCUT2D eigenvalue weighted by Gasteiger charge is -2.31. The Labute approximate surface area is 122 Å². The molecule has 0 aromatic rings. The molecule has 13 heteroatoms. The SMILES string of the molecule is Cl[Si](Cl)(Cl)P([Si](Cl)(Cl)Cl)[Si](Cl)(Cl)Cl. The number of hydrogen-bond donors (Lipinski definition) is 0. The third-order valence-corrected chi connectivity index (χ3v) is 61.6. The van der Waals surface area contributed by atoms with Gasteiger partial charge in [0.25, 0.3) is 0 Å². The van der Waals surface area contributed by atoms with Gasteiger partial charge in [0.2, 0.25) is 0 Å². The Morgan fingerprint density at radius 3 is 0.615 bits per heavy atom. The predicted molar refractivity (Wildman–Crippen MR) is 76.9 cm³/mol. The van der Waals surface area contributed by atoms with Crippen LogP contribution in [0, 0.1) is 0 Å². The quantitative estimate of drug-likeness (QED) is 0.294. The van der Waals surface area contributed by atoms with E-state index in [-0.39, 0.29) is 0 Å². The van der Waals surface area contributed by atoms with Crippen LogP contribution in [0.25, 0.3) is 0 Å². The van der Waals surface area contributed by atoms with Crippen molar-refractivity contribution in [2.75, 3.05) is 0 Å². The third kappa shape index (κ3) is 6.25. The molecule has 0 nitrogen and oxygen atoms in total. The summed E-state index contributed by atoms with van der Waals surface area (Å²) in [6.45, 7) is -1.68. The summed E-state index contributed by atoms with van der Waals surface area (Å²) in [5, 5.41) is 0. The number of rotatable bonds is 3. The number of hydrogen-bond acceptors (Lipinski definition) is 0. The van der Waals surface area contributed by atoms with Crippen molar-refractivity contribution in [3.05, 3.63) is 0 Å². The summed E-state index contributed by atoms with van der Waals surface area (Å²) in [6.07, 6.45) is 0. The zero-order valence-corrected chi connectivity index (χ0v) is 16.0. The lowest BCUT2D eigenvalue weighted by atomic mass is 27.0. The van der Waals surface area contributed by atoms with Crippen LogP contribution in [0.5, 0.6) is 0 Å². The Balaban J connectivity index is 5.02. The summed E-state index contributed by atoms with van der Waals surface area (Å²) in [7, 11) is 0. The summed E-state index contributed by atoms with van der Waals surface area (Å²) < 4.78 is 0. The standard InChI is InChI=1S/Cl9PSi3/c1-11(2,3)10(12(4,5)6)13(7,8)9. The van der Waals surface area contributed by atoms with E-state index < -0.39 is 23.6 Å². The van der Waals surface area contributed by atoms with Gasteiger partial charge in [-0.25, -0.2) is 0 Å². The van der Waals surface area contributed by atoms with Crippen molar-refractivity contribution >= 4 is 123 Å². The highest BCUT2D eigenvalue weighted by atomic mass is 35.9. The molecule has 0 unspecified atom stereocenters. The van der Waals surface area contributed by atoms with Crippen molar-refractivity contribution in [3.8, 4) is 0 Å². The molecule has 0 rings (SSSR count). The first-order valence-electron chi connectivity index (χ1n) is 2.37. The average molecular weight is 434 g/mol. The van der Waals surface area contributed by atoms with Gasteiger partial charge >= 0.3 is 17.0 Å². The van der Waals surface area contributed by atoms with E-state index >= 15 is 0 Å². The van der Waals surface area contributed by atoms with Crippen LogP contribution in [0.2, 0.25) is 0 Å². The largest absolute Gasteiger partial charge is 0.365 e. The highest BCUT2D eigenvalue weighted by Crippen LogP contribution is 2.72. The fourth-order valence-electron chi connectivity index (χ4n) is 0.431. The van der Waals surface area contributed by atoms with Gasteiger partial charge < -0.3 is 0 Å². The minimum atomic E-state index is -3.24. The molecule has 0 aliphatic heterocycles. The first-order chi connectivity index (χ1) is 5.37. The van der Waals surface area contributed by atoms with Crippen molar-refractivity contribution in [2.45, 2.75) is 0 Å². The van der Waals surface area contributed by atoms with Gasteiger partial charge in [-0.3, -0.25) is 0 Å². The second-order valence-corrected chi connectivity index (χ2v) is 47.0. The van der Waals surface area contributed by atoms with Crippen molar-refractivity contribution in [1.82, 2.24) is 0 Å². The third-order valence-electron chi connectivity index (χ3n) is 0.761. The summed E-state index contributed by atoms with van der Waals surface area (Å²) in [4.78, 5) is 0. The van der Waals surface area contributed by atoms with Crippen molar-refractivity contribution in [3.63, 3.8) is 0 Å². The maximum atomic E-state index is 5.73. The molecule has 0 atom stereocenters. The molecule has 0 N–H and O–H groups in total. The second kappa shape index (κ2) is 5.55. The molecule has 80 valence electrons. The molecular weight excluding hydrogens is 434 g/mol. The van der Waals surface area contributed by atoms with Gasteiger partial charge in [-0.2, -0.15) is 0 Å². The summed E-state index contributed by atoms with van der Waals surface area (Å²) in [6, 6.07) is 0. The molecule has 0 fully saturated rings. The summed E-state index contributed by atoms with van der Waals surface area (Å²) >= 11 is 51.6. The van der Waals surface area contributed by atoms with E-state index in [0.29, 0.717) is 0 Å². The first-order valence-corrected chi connectivity index (χ1v) is 21.3. The zero-order chi connectivity index (χ0) is 11.1. The smallest absolute Gasteiger partial charge is 0.122 e. The molecule has 0 aliphatic carbocycles. The highest BCUT2D eigenvalue weighted by Gasteiger charge is 2.62. The zero-order valence-electron chi connectivity index (χ0n) is 5.35. The molecule has 0 radical (unpaired) electrons. The van der Waals surface area contributed by atoms with Gasteiger partial charge in [0.15, 0.2) is 0 Å². The van der Waals surface area contributed by atoms with Crippen LogP contribution < -0.4 is 0 Å². The Morgan fingerprint density at radius 1 is 0.462 bits per heavy atom. The van der Waals surface area contributed by atoms with Crippen LogP contribution in [0.1, 0.15) is 0 Å².